The van der Waals surface area contributed by atoms with E-state index in [-0.39, 0.29) is 11.8 Å². The highest BCUT2D eigenvalue weighted by atomic mass is 32.1. The largest absolute Gasteiger partial charge is 0.476 e. The van der Waals surface area contributed by atoms with Gasteiger partial charge in [0.15, 0.2) is 10.6 Å². The number of thiazole rings is 1. The number of nitrogens with zero attached hydrogens (tertiary/aromatic N) is 3. The second-order valence-electron chi connectivity index (χ2n) is 7.71. The van der Waals surface area contributed by atoms with Gasteiger partial charge in [-0.1, -0.05) is 6.07 Å². The van der Waals surface area contributed by atoms with Crippen molar-refractivity contribution in [2.24, 2.45) is 0 Å². The molecule has 2 fully saturated rings. The predicted octanol–water partition coefficient (Wildman–Crippen LogP) is 2.77. The van der Waals surface area contributed by atoms with Crippen LogP contribution in [0.2, 0.25) is 0 Å². The standard InChI is InChI=1S/C22H21N5O3S/c28-19(20-25-8-9-31-20)22(13-24-14-22)30-18-5-3-17(4-6-18)26-21(29)27-11-16(12-27)15-2-1-7-23-10-15/h1-10,16,24H,11-14H2,(H,26,29). The van der Waals surface area contributed by atoms with E-state index < -0.39 is 5.60 Å². The lowest BCUT2D eigenvalue weighted by molar-refractivity contribution is 0.0192. The van der Waals surface area contributed by atoms with Gasteiger partial charge in [-0.05, 0) is 35.9 Å². The first-order valence-electron chi connectivity index (χ1n) is 10.0. The van der Waals surface area contributed by atoms with Crippen LogP contribution in [0.1, 0.15) is 21.3 Å². The number of Topliss-reactive ketones (excluding diaryl/α,β-unsaturated/α-hetero) is 1. The van der Waals surface area contributed by atoms with Gasteiger partial charge in [-0.25, -0.2) is 9.78 Å². The van der Waals surface area contributed by atoms with Gasteiger partial charge in [0.2, 0.25) is 5.78 Å². The van der Waals surface area contributed by atoms with Crippen molar-refractivity contribution in [1.29, 1.82) is 0 Å². The summed E-state index contributed by atoms with van der Waals surface area (Å²) in [5, 5.41) is 8.24. The molecular formula is C22H21N5O3S. The Morgan fingerprint density at radius 1 is 1.16 bits per heavy atom. The van der Waals surface area contributed by atoms with Crippen LogP contribution >= 0.6 is 11.3 Å². The first-order chi connectivity index (χ1) is 15.1. The van der Waals surface area contributed by atoms with E-state index >= 15 is 0 Å². The molecule has 3 aromatic rings. The number of likely N-dealkylation sites (tertiary alicyclic amines) is 1. The van der Waals surface area contributed by atoms with Crippen LogP contribution in [-0.4, -0.2) is 58.5 Å². The number of pyridine rings is 1. The topological polar surface area (TPSA) is 96.4 Å². The number of anilines is 1. The summed E-state index contributed by atoms with van der Waals surface area (Å²) in [6, 6.07) is 10.9. The highest BCUT2D eigenvalue weighted by molar-refractivity contribution is 7.11. The van der Waals surface area contributed by atoms with E-state index in [1.165, 1.54) is 11.3 Å². The molecule has 158 valence electrons. The van der Waals surface area contributed by atoms with Crippen molar-refractivity contribution in [3.8, 4) is 5.75 Å². The summed E-state index contributed by atoms with van der Waals surface area (Å²) >= 11 is 1.31. The molecule has 4 heterocycles. The minimum atomic E-state index is -0.929. The Morgan fingerprint density at radius 2 is 1.97 bits per heavy atom. The van der Waals surface area contributed by atoms with Crippen molar-refractivity contribution in [3.63, 3.8) is 0 Å². The smallest absolute Gasteiger partial charge is 0.321 e. The number of carbonyl (C=O) groups is 2. The van der Waals surface area contributed by atoms with E-state index in [1.807, 2.05) is 18.3 Å². The molecule has 2 saturated heterocycles. The molecule has 0 unspecified atom stereocenters. The molecule has 5 rings (SSSR count). The Balaban J connectivity index is 1.17. The number of benzene rings is 1. The average Bonchev–Trinajstić information content (AvgIpc) is 3.26. The van der Waals surface area contributed by atoms with Crippen molar-refractivity contribution in [2.75, 3.05) is 31.5 Å². The number of amides is 2. The molecule has 1 aromatic carbocycles. The van der Waals surface area contributed by atoms with Crippen molar-refractivity contribution in [1.82, 2.24) is 20.2 Å². The Bertz CT molecular complexity index is 1060. The van der Waals surface area contributed by atoms with E-state index in [0.717, 1.165) is 5.56 Å². The van der Waals surface area contributed by atoms with Gasteiger partial charge in [0.1, 0.15) is 5.75 Å². The maximum atomic E-state index is 12.8. The highest BCUT2D eigenvalue weighted by Gasteiger charge is 2.48. The van der Waals surface area contributed by atoms with Gasteiger partial charge >= 0.3 is 6.03 Å². The van der Waals surface area contributed by atoms with E-state index in [4.69, 9.17) is 4.74 Å². The molecule has 0 aliphatic carbocycles. The van der Waals surface area contributed by atoms with E-state index in [0.29, 0.717) is 48.5 Å². The normalized spacial score (nSPS) is 17.4. The van der Waals surface area contributed by atoms with E-state index in [2.05, 4.69) is 20.6 Å². The Labute approximate surface area is 183 Å². The van der Waals surface area contributed by atoms with E-state index in [9.17, 15) is 9.59 Å². The monoisotopic (exact) mass is 435 g/mol. The first-order valence-corrected chi connectivity index (χ1v) is 10.9. The molecule has 2 aromatic heterocycles. The zero-order chi connectivity index (χ0) is 21.3. The lowest BCUT2D eigenvalue weighted by Crippen LogP contribution is -2.67. The van der Waals surface area contributed by atoms with Gasteiger partial charge in [-0.3, -0.25) is 9.78 Å². The Hall–Kier alpha value is -3.30. The summed E-state index contributed by atoms with van der Waals surface area (Å²) in [5.41, 5.74) is 0.899. The molecule has 31 heavy (non-hydrogen) atoms. The van der Waals surface area contributed by atoms with Gasteiger partial charge < -0.3 is 20.3 Å². The summed E-state index contributed by atoms with van der Waals surface area (Å²) in [7, 11) is 0. The third-order valence-corrected chi connectivity index (χ3v) is 6.38. The van der Waals surface area contributed by atoms with Gasteiger partial charge in [0.25, 0.3) is 0 Å². The van der Waals surface area contributed by atoms with Crippen LogP contribution in [0, 0.1) is 0 Å². The molecule has 0 atom stereocenters. The molecular weight excluding hydrogens is 414 g/mol. The number of carbonyl (C=O) groups excluding carboxylic acids is 2. The van der Waals surface area contributed by atoms with Gasteiger partial charge in [0.05, 0.1) is 0 Å². The molecule has 8 nitrogen and oxygen atoms in total. The fraction of sp³-hybridized carbons (Fsp3) is 0.273. The fourth-order valence-electron chi connectivity index (χ4n) is 3.67. The molecule has 9 heteroatoms. The number of nitrogens with one attached hydrogen (secondary N) is 2. The zero-order valence-corrected chi connectivity index (χ0v) is 17.5. The number of ether oxygens (including phenoxy) is 1. The quantitative estimate of drug-likeness (QED) is 0.578. The lowest BCUT2D eigenvalue weighted by Gasteiger charge is -2.40. The van der Waals surface area contributed by atoms with E-state index in [1.54, 1.807) is 46.9 Å². The first kappa shape index (κ1) is 19.7. The summed E-state index contributed by atoms with van der Waals surface area (Å²) in [4.78, 5) is 35.3. The fourth-order valence-corrected chi connectivity index (χ4v) is 4.33. The number of hydrogen-bond donors (Lipinski definition) is 2. The third-order valence-electron chi connectivity index (χ3n) is 5.60. The van der Waals surface area contributed by atoms with Crippen molar-refractivity contribution >= 4 is 28.8 Å². The van der Waals surface area contributed by atoms with Crippen LogP contribution in [0.5, 0.6) is 5.75 Å². The molecule has 0 spiro atoms. The molecule has 2 aliphatic rings. The number of hydrogen-bond acceptors (Lipinski definition) is 7. The lowest BCUT2D eigenvalue weighted by atomic mass is 9.91. The Kier molecular flexibility index (Phi) is 5.13. The second-order valence-corrected chi connectivity index (χ2v) is 8.60. The maximum Gasteiger partial charge on any atom is 0.321 e. The second kappa shape index (κ2) is 8.09. The summed E-state index contributed by atoms with van der Waals surface area (Å²) in [6.07, 6.45) is 5.22. The van der Waals surface area contributed by atoms with Crippen LogP contribution in [0.25, 0.3) is 0 Å². The van der Waals surface area contributed by atoms with Crippen LogP contribution in [-0.2, 0) is 0 Å². The Morgan fingerprint density at radius 3 is 2.58 bits per heavy atom. The predicted molar refractivity (Wildman–Crippen MR) is 117 cm³/mol. The SMILES string of the molecule is O=C(Nc1ccc(OC2(C(=O)c3nccs3)CNC2)cc1)N1CC(c2cccnc2)C1. The number of urea groups is 1. The average molecular weight is 436 g/mol. The van der Waals surface area contributed by atoms with Crippen molar-refractivity contribution in [3.05, 3.63) is 70.9 Å². The highest BCUT2D eigenvalue weighted by Crippen LogP contribution is 2.29. The number of ketones is 1. The molecule has 0 radical (unpaired) electrons. The van der Waals surface area contributed by atoms with Crippen LogP contribution < -0.4 is 15.4 Å². The minimum Gasteiger partial charge on any atom is -0.476 e. The maximum absolute atomic E-state index is 12.8. The third kappa shape index (κ3) is 3.89. The molecule has 0 saturated carbocycles. The van der Waals surface area contributed by atoms with Crippen LogP contribution in [0.15, 0.2) is 60.4 Å². The number of aromatic nitrogens is 2. The molecule has 2 aliphatic heterocycles. The minimum absolute atomic E-state index is 0.111. The van der Waals surface area contributed by atoms with Crippen molar-refractivity contribution < 1.29 is 14.3 Å². The zero-order valence-electron chi connectivity index (χ0n) is 16.7. The van der Waals surface area contributed by atoms with Gasteiger partial charge in [0, 0.05) is 61.8 Å². The van der Waals surface area contributed by atoms with Crippen LogP contribution in [0.4, 0.5) is 10.5 Å². The van der Waals surface area contributed by atoms with Gasteiger partial charge in [-0.15, -0.1) is 11.3 Å². The summed E-state index contributed by atoms with van der Waals surface area (Å²) < 4.78 is 6.05. The molecule has 0 bridgehead atoms. The van der Waals surface area contributed by atoms with Gasteiger partial charge in [-0.2, -0.15) is 0 Å². The summed E-state index contributed by atoms with van der Waals surface area (Å²) in [6.45, 7) is 2.23. The molecule has 2 N–H and O–H groups in total. The molecule has 2 amide bonds. The number of rotatable bonds is 6. The van der Waals surface area contributed by atoms with Crippen LogP contribution in [0.3, 0.4) is 0 Å². The summed E-state index contributed by atoms with van der Waals surface area (Å²) in [5.74, 6) is 0.794. The van der Waals surface area contributed by atoms with Crippen molar-refractivity contribution in [2.45, 2.75) is 11.5 Å².